The summed E-state index contributed by atoms with van der Waals surface area (Å²) < 4.78 is 5.18. The lowest BCUT2D eigenvalue weighted by Gasteiger charge is -2.26. The van der Waals surface area contributed by atoms with Crippen LogP contribution in [-0.4, -0.2) is 19.7 Å². The van der Waals surface area contributed by atoms with Crippen molar-refractivity contribution in [1.82, 2.24) is 10.6 Å². The van der Waals surface area contributed by atoms with Gasteiger partial charge in [-0.3, -0.25) is 0 Å². The van der Waals surface area contributed by atoms with E-state index < -0.39 is 0 Å². The Morgan fingerprint density at radius 2 is 1.79 bits per heavy atom. The van der Waals surface area contributed by atoms with Gasteiger partial charge in [0.05, 0.1) is 7.11 Å². The lowest BCUT2D eigenvalue weighted by Crippen LogP contribution is -2.42. The molecule has 0 bridgehead atoms. The monoisotopic (exact) mass is 326 g/mol. The number of aryl methyl sites for hydroxylation is 1. The molecule has 2 N–H and O–H groups in total. The van der Waals surface area contributed by atoms with Gasteiger partial charge in [0.1, 0.15) is 5.75 Å². The maximum absolute atomic E-state index is 12.0. The van der Waals surface area contributed by atoms with Crippen molar-refractivity contribution in [2.24, 2.45) is 0 Å². The summed E-state index contributed by atoms with van der Waals surface area (Å²) in [4.78, 5) is 12.0. The normalized spacial score (nSPS) is 11.0. The molecular formula is C20H26N2O2. The van der Waals surface area contributed by atoms with E-state index in [2.05, 4.69) is 30.5 Å². The van der Waals surface area contributed by atoms with Crippen molar-refractivity contribution in [2.75, 3.05) is 13.7 Å². The number of carbonyl (C=O) groups is 1. The fraction of sp³-hybridized carbons (Fsp3) is 0.350. The number of hydrogen-bond donors (Lipinski definition) is 2. The summed E-state index contributed by atoms with van der Waals surface area (Å²) in [6, 6.07) is 15.9. The van der Waals surface area contributed by atoms with E-state index >= 15 is 0 Å². The first-order chi connectivity index (χ1) is 11.4. The van der Waals surface area contributed by atoms with E-state index in [9.17, 15) is 4.79 Å². The van der Waals surface area contributed by atoms with Crippen LogP contribution in [0.5, 0.6) is 5.75 Å². The van der Waals surface area contributed by atoms with E-state index in [0.717, 1.165) is 16.9 Å². The molecule has 4 nitrogen and oxygen atoms in total. The van der Waals surface area contributed by atoms with Gasteiger partial charge in [-0.1, -0.05) is 55.8 Å². The van der Waals surface area contributed by atoms with Crippen LogP contribution in [0, 0.1) is 6.92 Å². The molecule has 0 aliphatic heterocycles. The molecule has 0 unspecified atom stereocenters. The summed E-state index contributed by atoms with van der Waals surface area (Å²) >= 11 is 0. The molecule has 2 amide bonds. The van der Waals surface area contributed by atoms with E-state index in [1.165, 1.54) is 5.56 Å². The zero-order chi connectivity index (χ0) is 17.6. The molecule has 0 radical (unpaired) electrons. The lowest BCUT2D eigenvalue weighted by molar-refractivity contribution is 0.238. The van der Waals surface area contributed by atoms with Gasteiger partial charge in [-0.05, 0) is 30.2 Å². The Labute approximate surface area is 144 Å². The molecule has 0 fully saturated rings. The second-order valence-corrected chi connectivity index (χ2v) is 6.64. The maximum atomic E-state index is 12.0. The highest BCUT2D eigenvalue weighted by Crippen LogP contribution is 2.24. The van der Waals surface area contributed by atoms with E-state index in [4.69, 9.17) is 4.74 Å². The Hall–Kier alpha value is -2.49. The average Bonchev–Trinajstić information content (AvgIpc) is 2.58. The Kier molecular flexibility index (Phi) is 5.85. The number of amides is 2. The molecule has 24 heavy (non-hydrogen) atoms. The first-order valence-electron chi connectivity index (χ1n) is 8.12. The highest BCUT2D eigenvalue weighted by Gasteiger charge is 2.21. The van der Waals surface area contributed by atoms with Crippen LogP contribution in [-0.2, 0) is 12.0 Å². The number of benzene rings is 2. The molecule has 0 atom stereocenters. The molecule has 0 spiro atoms. The quantitative estimate of drug-likeness (QED) is 0.849. The smallest absolute Gasteiger partial charge is 0.315 e. The highest BCUT2D eigenvalue weighted by molar-refractivity contribution is 5.74. The van der Waals surface area contributed by atoms with Gasteiger partial charge < -0.3 is 15.4 Å². The van der Waals surface area contributed by atoms with Crippen LogP contribution >= 0.6 is 0 Å². The average molecular weight is 326 g/mol. The molecule has 2 rings (SSSR count). The van der Waals surface area contributed by atoms with Crippen molar-refractivity contribution < 1.29 is 9.53 Å². The van der Waals surface area contributed by atoms with Crippen LogP contribution in [0.3, 0.4) is 0 Å². The number of carbonyl (C=O) groups excluding carboxylic acids is 1. The molecule has 4 heteroatoms. The molecule has 0 saturated carbocycles. The van der Waals surface area contributed by atoms with Gasteiger partial charge >= 0.3 is 6.03 Å². The zero-order valence-corrected chi connectivity index (χ0v) is 14.8. The van der Waals surface area contributed by atoms with Crippen molar-refractivity contribution in [2.45, 2.75) is 32.7 Å². The standard InChI is InChI=1S/C20H26N2O2/c1-15-6-5-7-16(12-15)13-21-19(23)22-14-20(2,3)17-8-10-18(24-4)11-9-17/h5-12H,13-14H2,1-4H3,(H2,21,22,23). The number of hydrogen-bond acceptors (Lipinski definition) is 2. The maximum Gasteiger partial charge on any atom is 0.315 e. The van der Waals surface area contributed by atoms with Gasteiger partial charge in [0, 0.05) is 18.5 Å². The summed E-state index contributed by atoms with van der Waals surface area (Å²) in [5.74, 6) is 0.832. The fourth-order valence-electron chi connectivity index (χ4n) is 2.51. The van der Waals surface area contributed by atoms with Gasteiger partial charge in [-0.15, -0.1) is 0 Å². The third-order valence-electron chi connectivity index (χ3n) is 4.10. The van der Waals surface area contributed by atoms with Gasteiger partial charge in [-0.2, -0.15) is 0 Å². The molecule has 0 saturated heterocycles. The predicted molar refractivity (Wildman–Crippen MR) is 97.4 cm³/mol. The number of methoxy groups -OCH3 is 1. The number of rotatable bonds is 6. The van der Waals surface area contributed by atoms with Gasteiger partial charge in [0.2, 0.25) is 0 Å². The van der Waals surface area contributed by atoms with Gasteiger partial charge in [-0.25, -0.2) is 4.79 Å². The number of ether oxygens (including phenoxy) is 1. The second-order valence-electron chi connectivity index (χ2n) is 6.64. The Morgan fingerprint density at radius 1 is 1.08 bits per heavy atom. The molecule has 2 aromatic carbocycles. The molecule has 0 aliphatic rings. The predicted octanol–water partition coefficient (Wildman–Crippen LogP) is 3.78. The third-order valence-corrected chi connectivity index (χ3v) is 4.10. The molecule has 0 aromatic heterocycles. The fourth-order valence-corrected chi connectivity index (χ4v) is 2.51. The van der Waals surface area contributed by atoms with Crippen LogP contribution in [0.1, 0.15) is 30.5 Å². The number of urea groups is 1. The van der Waals surface area contributed by atoms with Crippen molar-refractivity contribution in [3.63, 3.8) is 0 Å². The van der Waals surface area contributed by atoms with Gasteiger partial charge in [0.15, 0.2) is 0 Å². The van der Waals surface area contributed by atoms with Crippen molar-refractivity contribution in [3.8, 4) is 5.75 Å². The molecule has 0 heterocycles. The van der Waals surface area contributed by atoms with E-state index in [-0.39, 0.29) is 11.4 Å². The summed E-state index contributed by atoms with van der Waals surface area (Å²) in [5.41, 5.74) is 3.28. The van der Waals surface area contributed by atoms with Crippen molar-refractivity contribution >= 4 is 6.03 Å². The van der Waals surface area contributed by atoms with Crippen LogP contribution in [0.15, 0.2) is 48.5 Å². The van der Waals surface area contributed by atoms with E-state index in [1.807, 2.05) is 49.4 Å². The summed E-state index contributed by atoms with van der Waals surface area (Å²) in [6.07, 6.45) is 0. The van der Waals surface area contributed by atoms with Gasteiger partial charge in [0.25, 0.3) is 0 Å². The van der Waals surface area contributed by atoms with Crippen molar-refractivity contribution in [3.05, 3.63) is 65.2 Å². The molecule has 0 aliphatic carbocycles. The second kappa shape index (κ2) is 7.86. The first-order valence-corrected chi connectivity index (χ1v) is 8.12. The first kappa shape index (κ1) is 17.9. The summed E-state index contributed by atoms with van der Waals surface area (Å²) in [6.45, 7) is 7.34. The van der Waals surface area contributed by atoms with E-state index in [1.54, 1.807) is 7.11 Å². The topological polar surface area (TPSA) is 50.4 Å². The Bertz CT molecular complexity index is 678. The molecule has 128 valence electrons. The van der Waals surface area contributed by atoms with Crippen LogP contribution in [0.25, 0.3) is 0 Å². The Morgan fingerprint density at radius 3 is 2.42 bits per heavy atom. The molecule has 2 aromatic rings. The molecular weight excluding hydrogens is 300 g/mol. The van der Waals surface area contributed by atoms with Crippen LogP contribution in [0.4, 0.5) is 4.79 Å². The lowest BCUT2D eigenvalue weighted by atomic mass is 9.84. The summed E-state index contributed by atoms with van der Waals surface area (Å²) in [5, 5.41) is 5.85. The minimum Gasteiger partial charge on any atom is -0.497 e. The SMILES string of the molecule is COc1ccc(C(C)(C)CNC(=O)NCc2cccc(C)c2)cc1. The summed E-state index contributed by atoms with van der Waals surface area (Å²) in [7, 11) is 1.65. The van der Waals surface area contributed by atoms with Crippen LogP contribution < -0.4 is 15.4 Å². The minimum absolute atomic E-state index is 0.155. The van der Waals surface area contributed by atoms with E-state index in [0.29, 0.717) is 13.1 Å². The minimum atomic E-state index is -0.160. The third kappa shape index (κ3) is 5.01. The number of nitrogens with one attached hydrogen (secondary N) is 2. The largest absolute Gasteiger partial charge is 0.497 e. The zero-order valence-electron chi connectivity index (χ0n) is 14.8. The van der Waals surface area contributed by atoms with Crippen molar-refractivity contribution in [1.29, 1.82) is 0 Å². The van der Waals surface area contributed by atoms with Crippen LogP contribution in [0.2, 0.25) is 0 Å². The highest BCUT2D eigenvalue weighted by atomic mass is 16.5. The Balaban J connectivity index is 1.85.